The number of hydrogen-bond acceptors (Lipinski definition) is 6. The highest BCUT2D eigenvalue weighted by Gasteiger charge is 2.52. The van der Waals surface area contributed by atoms with Crippen LogP contribution in [0.15, 0.2) is 23.1 Å². The number of aromatic nitrogens is 3. The quantitative estimate of drug-likeness (QED) is 0.627. The van der Waals surface area contributed by atoms with Crippen molar-refractivity contribution >= 4 is 29.4 Å². The molecule has 0 saturated carbocycles. The van der Waals surface area contributed by atoms with Crippen LogP contribution in [0.2, 0.25) is 0 Å². The third-order valence-corrected chi connectivity index (χ3v) is 7.91. The molecule has 1 aliphatic carbocycles. The molecule has 8 nitrogen and oxygen atoms in total. The van der Waals surface area contributed by atoms with Gasteiger partial charge in [-0.05, 0) is 65.9 Å². The summed E-state index contributed by atoms with van der Waals surface area (Å²) in [5.74, 6) is 0. The fraction of sp³-hybridized carbons (Fsp3) is 0.680. The van der Waals surface area contributed by atoms with Crippen LogP contribution in [0.5, 0.6) is 0 Å². The molecule has 4 heterocycles. The largest absolute Gasteiger partial charge is 0.496 e. The third kappa shape index (κ3) is 4.17. The molecular formula is C25H36BN3O5. The van der Waals surface area contributed by atoms with Gasteiger partial charge < -0.3 is 18.8 Å². The molecule has 0 amide bonds. The van der Waals surface area contributed by atoms with Crippen molar-refractivity contribution in [3.8, 4) is 0 Å². The molecule has 2 fully saturated rings. The zero-order chi connectivity index (χ0) is 24.1. The number of pyridine rings is 1. The van der Waals surface area contributed by atoms with Crippen LogP contribution in [0, 0.1) is 0 Å². The van der Waals surface area contributed by atoms with E-state index in [2.05, 4.69) is 6.08 Å². The Hall–Kier alpha value is -1.94. The van der Waals surface area contributed by atoms with Gasteiger partial charge in [-0.2, -0.15) is 0 Å². The van der Waals surface area contributed by atoms with Crippen molar-refractivity contribution in [2.24, 2.45) is 0 Å². The molecule has 2 saturated heterocycles. The molecule has 0 unspecified atom stereocenters. The summed E-state index contributed by atoms with van der Waals surface area (Å²) >= 11 is 0. The number of hydrogen-bond donors (Lipinski definition) is 0. The Morgan fingerprint density at radius 2 is 1.97 bits per heavy atom. The third-order valence-electron chi connectivity index (χ3n) is 7.91. The molecule has 9 heteroatoms. The Morgan fingerprint density at radius 1 is 1.21 bits per heavy atom. The summed E-state index contributed by atoms with van der Waals surface area (Å²) in [5, 5.41) is 0. The van der Waals surface area contributed by atoms with Gasteiger partial charge in [-0.25, -0.2) is 14.3 Å². The maximum Gasteiger partial charge on any atom is 0.496 e. The summed E-state index contributed by atoms with van der Waals surface area (Å²) in [5.41, 5.74) is 2.35. The van der Waals surface area contributed by atoms with Crippen molar-refractivity contribution in [1.82, 2.24) is 14.1 Å². The fourth-order valence-electron chi connectivity index (χ4n) is 5.10. The van der Waals surface area contributed by atoms with E-state index in [1.165, 1.54) is 0 Å². The molecule has 3 aliphatic rings. The highest BCUT2D eigenvalue weighted by atomic mass is 16.7. The molecule has 2 aliphatic heterocycles. The molecule has 184 valence electrons. The lowest BCUT2D eigenvalue weighted by Gasteiger charge is -2.32. The average molecular weight is 469 g/mol. The minimum absolute atomic E-state index is 0.0649. The number of rotatable bonds is 5. The number of ether oxygens (including phenoxy) is 2. The fourth-order valence-corrected chi connectivity index (χ4v) is 5.10. The number of nitrogens with zero attached hydrogens (tertiary/aromatic N) is 3. The lowest BCUT2D eigenvalue weighted by molar-refractivity contribution is -0.0638. The van der Waals surface area contributed by atoms with Gasteiger partial charge in [-0.1, -0.05) is 6.08 Å². The molecule has 0 bridgehead atoms. The van der Waals surface area contributed by atoms with Crippen LogP contribution < -0.4 is 11.2 Å². The van der Waals surface area contributed by atoms with E-state index < -0.39 is 18.3 Å². The number of allylic oxidation sites excluding steroid dienone is 2. The van der Waals surface area contributed by atoms with Crippen molar-refractivity contribution in [3.63, 3.8) is 0 Å². The van der Waals surface area contributed by atoms with E-state index in [-0.39, 0.29) is 17.9 Å². The van der Waals surface area contributed by atoms with Crippen LogP contribution in [0.25, 0.3) is 16.9 Å². The van der Waals surface area contributed by atoms with Crippen molar-refractivity contribution in [1.29, 1.82) is 0 Å². The van der Waals surface area contributed by atoms with E-state index >= 15 is 0 Å². The van der Waals surface area contributed by atoms with Crippen molar-refractivity contribution < 1.29 is 18.8 Å². The second-order valence-electron chi connectivity index (χ2n) is 10.7. The summed E-state index contributed by atoms with van der Waals surface area (Å²) in [6, 6.07) is 2.00. The maximum absolute atomic E-state index is 13.7. The van der Waals surface area contributed by atoms with Gasteiger partial charge in [0.2, 0.25) is 0 Å². The van der Waals surface area contributed by atoms with Crippen molar-refractivity contribution in [2.75, 3.05) is 13.7 Å². The summed E-state index contributed by atoms with van der Waals surface area (Å²) in [4.78, 5) is 18.5. The second kappa shape index (κ2) is 8.93. The van der Waals surface area contributed by atoms with Gasteiger partial charge in [-0.3, -0.25) is 4.57 Å². The van der Waals surface area contributed by atoms with Gasteiger partial charge in [0.1, 0.15) is 0 Å². The van der Waals surface area contributed by atoms with Crippen molar-refractivity contribution in [2.45, 2.75) is 96.2 Å². The Morgan fingerprint density at radius 3 is 2.65 bits per heavy atom. The van der Waals surface area contributed by atoms with Gasteiger partial charge in [-0.15, -0.1) is 0 Å². The van der Waals surface area contributed by atoms with Crippen LogP contribution in [-0.4, -0.2) is 58.4 Å². The van der Waals surface area contributed by atoms with Crippen LogP contribution in [0.3, 0.4) is 0 Å². The van der Waals surface area contributed by atoms with Crippen LogP contribution >= 0.6 is 0 Å². The maximum atomic E-state index is 13.7. The van der Waals surface area contributed by atoms with Crippen LogP contribution in [0.1, 0.15) is 66.2 Å². The highest BCUT2D eigenvalue weighted by molar-refractivity contribution is 6.62. The first-order chi connectivity index (χ1) is 16.2. The van der Waals surface area contributed by atoms with E-state index in [1.807, 2.05) is 38.3 Å². The first kappa shape index (κ1) is 23.8. The van der Waals surface area contributed by atoms with E-state index in [9.17, 15) is 4.79 Å². The monoisotopic (exact) mass is 469 g/mol. The molecule has 34 heavy (non-hydrogen) atoms. The predicted octanol–water partition coefficient (Wildman–Crippen LogP) is 3.11. The molecule has 0 N–H and O–H groups in total. The lowest BCUT2D eigenvalue weighted by atomic mass is 9.80. The normalized spacial score (nSPS) is 26.7. The minimum atomic E-state index is -0.536. The Labute approximate surface area is 201 Å². The SMILES string of the molecule is CO[C@H]1CCO[C@@H](Cn2c(=O)n(C3=CCCCC3)c3ncc(B4OC(C)(C)C(C)(C)O4)cc32)C1. The smallest absolute Gasteiger partial charge is 0.399 e. The van der Waals surface area contributed by atoms with Gasteiger partial charge >= 0.3 is 12.8 Å². The van der Waals surface area contributed by atoms with E-state index in [0.717, 1.165) is 55.2 Å². The zero-order valence-electron chi connectivity index (χ0n) is 21.0. The number of imidazole rings is 1. The van der Waals surface area contributed by atoms with E-state index in [4.69, 9.17) is 23.8 Å². The second-order valence-corrected chi connectivity index (χ2v) is 10.7. The molecule has 5 rings (SSSR count). The summed E-state index contributed by atoms with van der Waals surface area (Å²) in [7, 11) is 1.20. The number of fused-ring (bicyclic) bond motifs is 1. The summed E-state index contributed by atoms with van der Waals surface area (Å²) in [6.07, 6.45) is 9.78. The van der Waals surface area contributed by atoms with Crippen LogP contribution in [-0.2, 0) is 25.3 Å². The van der Waals surface area contributed by atoms with Gasteiger partial charge in [0, 0.05) is 37.5 Å². The standard InChI is InChI=1S/C25H36BN3O5/c1-24(2)25(3,4)34-26(33-24)17-13-21-22(27-15-17)29(18-9-7-6-8-10-18)23(30)28(21)16-20-14-19(31-5)11-12-32-20/h9,13,15,19-20H,6-8,10-12,14,16H2,1-5H3/t19-,20+/m0/s1. The Bertz CT molecular complexity index is 1140. The van der Waals surface area contributed by atoms with Crippen molar-refractivity contribution in [3.05, 3.63) is 28.8 Å². The zero-order valence-corrected chi connectivity index (χ0v) is 21.0. The highest BCUT2D eigenvalue weighted by Crippen LogP contribution is 2.36. The lowest BCUT2D eigenvalue weighted by Crippen LogP contribution is -2.41. The number of methoxy groups -OCH3 is 1. The first-order valence-electron chi connectivity index (χ1n) is 12.5. The van der Waals surface area contributed by atoms with Gasteiger partial charge in [0.05, 0.1) is 35.5 Å². The molecule has 0 spiro atoms. The Balaban J connectivity index is 1.57. The van der Waals surface area contributed by atoms with Crippen LogP contribution in [0.4, 0.5) is 0 Å². The molecule has 2 aromatic rings. The molecule has 0 radical (unpaired) electrons. The van der Waals surface area contributed by atoms with E-state index in [0.29, 0.717) is 18.8 Å². The van der Waals surface area contributed by atoms with Gasteiger partial charge in [0.25, 0.3) is 0 Å². The Kier molecular flexibility index (Phi) is 6.25. The topological polar surface area (TPSA) is 76.7 Å². The molecule has 0 aromatic carbocycles. The molecular weight excluding hydrogens is 433 g/mol. The molecule has 2 aromatic heterocycles. The average Bonchev–Trinajstić information content (AvgIpc) is 3.22. The molecule has 2 atom stereocenters. The summed E-state index contributed by atoms with van der Waals surface area (Å²) in [6.45, 7) is 9.24. The van der Waals surface area contributed by atoms with Gasteiger partial charge in [0.15, 0.2) is 5.65 Å². The van der Waals surface area contributed by atoms with E-state index in [1.54, 1.807) is 17.9 Å². The minimum Gasteiger partial charge on any atom is -0.399 e. The first-order valence-corrected chi connectivity index (χ1v) is 12.5. The summed E-state index contributed by atoms with van der Waals surface area (Å²) < 4.78 is 27.7. The predicted molar refractivity (Wildman–Crippen MR) is 132 cm³/mol.